The SMILES string of the molecule is N#C[C@@H]1CC(c2cccnc2)=NO1. The standard InChI is InChI=1S/C9H7N3O/c10-5-8-4-9(12-13-8)7-2-1-3-11-6-7/h1-3,6,8H,4H2/t8-/m0/s1. The fourth-order valence-electron chi connectivity index (χ4n) is 1.15. The maximum Gasteiger partial charge on any atom is 0.218 e. The van der Waals surface area contributed by atoms with E-state index in [0.717, 1.165) is 11.3 Å². The first kappa shape index (κ1) is 7.74. The Hall–Kier alpha value is -1.89. The van der Waals surface area contributed by atoms with Crippen molar-refractivity contribution in [2.45, 2.75) is 12.5 Å². The summed E-state index contributed by atoms with van der Waals surface area (Å²) in [5.41, 5.74) is 1.71. The molecular weight excluding hydrogens is 166 g/mol. The summed E-state index contributed by atoms with van der Waals surface area (Å²) in [5.74, 6) is 0. The summed E-state index contributed by atoms with van der Waals surface area (Å²) in [4.78, 5) is 8.83. The lowest BCUT2D eigenvalue weighted by atomic mass is 10.1. The summed E-state index contributed by atoms with van der Waals surface area (Å²) < 4.78 is 0. The minimum atomic E-state index is -0.435. The van der Waals surface area contributed by atoms with Gasteiger partial charge in [-0.15, -0.1) is 0 Å². The van der Waals surface area contributed by atoms with E-state index in [-0.39, 0.29) is 0 Å². The first-order valence-corrected chi connectivity index (χ1v) is 3.93. The maximum absolute atomic E-state index is 8.57. The van der Waals surface area contributed by atoms with Gasteiger partial charge in [0, 0.05) is 24.4 Å². The second kappa shape index (κ2) is 3.23. The minimum Gasteiger partial charge on any atom is -0.376 e. The Balaban J connectivity index is 2.18. The van der Waals surface area contributed by atoms with Crippen molar-refractivity contribution >= 4 is 5.71 Å². The van der Waals surface area contributed by atoms with Crippen LogP contribution in [0, 0.1) is 11.3 Å². The molecule has 1 aromatic rings. The van der Waals surface area contributed by atoms with Crippen LogP contribution in [0.4, 0.5) is 0 Å². The first-order chi connectivity index (χ1) is 6.40. The monoisotopic (exact) mass is 173 g/mol. The topological polar surface area (TPSA) is 58.3 Å². The van der Waals surface area contributed by atoms with Crippen molar-refractivity contribution in [1.82, 2.24) is 4.98 Å². The second-order valence-corrected chi connectivity index (χ2v) is 2.71. The molecule has 0 bridgehead atoms. The van der Waals surface area contributed by atoms with Gasteiger partial charge in [-0.05, 0) is 12.1 Å². The summed E-state index contributed by atoms with van der Waals surface area (Å²) in [6, 6.07) is 5.74. The lowest BCUT2D eigenvalue weighted by Crippen LogP contribution is -2.05. The third-order valence-electron chi connectivity index (χ3n) is 1.81. The highest BCUT2D eigenvalue weighted by molar-refractivity contribution is 6.01. The molecule has 0 fully saturated rings. The molecule has 2 heterocycles. The molecule has 0 radical (unpaired) electrons. The van der Waals surface area contributed by atoms with Crippen LogP contribution in [-0.2, 0) is 4.84 Å². The zero-order chi connectivity index (χ0) is 9.10. The van der Waals surface area contributed by atoms with Crippen molar-refractivity contribution < 1.29 is 4.84 Å². The molecule has 13 heavy (non-hydrogen) atoms. The van der Waals surface area contributed by atoms with E-state index in [4.69, 9.17) is 10.1 Å². The Morgan fingerprint density at radius 2 is 2.54 bits per heavy atom. The largest absolute Gasteiger partial charge is 0.376 e. The third-order valence-corrected chi connectivity index (χ3v) is 1.81. The Morgan fingerprint density at radius 3 is 3.15 bits per heavy atom. The van der Waals surface area contributed by atoms with Gasteiger partial charge in [0.25, 0.3) is 0 Å². The van der Waals surface area contributed by atoms with Gasteiger partial charge in [0.15, 0.2) is 0 Å². The van der Waals surface area contributed by atoms with Crippen LogP contribution in [0.3, 0.4) is 0 Å². The van der Waals surface area contributed by atoms with Crippen molar-refractivity contribution in [1.29, 1.82) is 5.26 Å². The molecule has 64 valence electrons. The van der Waals surface area contributed by atoms with E-state index in [1.54, 1.807) is 12.4 Å². The van der Waals surface area contributed by atoms with Crippen LogP contribution >= 0.6 is 0 Å². The summed E-state index contributed by atoms with van der Waals surface area (Å²) in [5, 5.41) is 12.4. The predicted octanol–water partition coefficient (Wildman–Crippen LogP) is 1.10. The van der Waals surface area contributed by atoms with Gasteiger partial charge < -0.3 is 4.84 Å². The lowest BCUT2D eigenvalue weighted by Gasteiger charge is -1.95. The highest BCUT2D eigenvalue weighted by Crippen LogP contribution is 2.14. The fraction of sp³-hybridized carbons (Fsp3) is 0.222. The number of aromatic nitrogens is 1. The average molecular weight is 173 g/mol. The van der Waals surface area contributed by atoms with E-state index >= 15 is 0 Å². The quantitative estimate of drug-likeness (QED) is 0.638. The Bertz CT molecular complexity index is 366. The third kappa shape index (κ3) is 1.49. The van der Waals surface area contributed by atoms with Crippen LogP contribution in [0.15, 0.2) is 29.7 Å². The van der Waals surface area contributed by atoms with Crippen LogP contribution in [-0.4, -0.2) is 16.8 Å². The average Bonchev–Trinajstić information content (AvgIpc) is 2.67. The molecule has 0 aromatic carbocycles. The molecule has 1 aliphatic heterocycles. The molecule has 1 aliphatic rings. The van der Waals surface area contributed by atoms with Crippen molar-refractivity contribution in [3.63, 3.8) is 0 Å². The van der Waals surface area contributed by atoms with Crippen LogP contribution in [0.1, 0.15) is 12.0 Å². The van der Waals surface area contributed by atoms with Gasteiger partial charge in [-0.2, -0.15) is 5.26 Å². The van der Waals surface area contributed by atoms with Crippen molar-refractivity contribution in [2.24, 2.45) is 5.16 Å². The van der Waals surface area contributed by atoms with Gasteiger partial charge in [0.1, 0.15) is 6.07 Å². The molecule has 0 saturated carbocycles. The van der Waals surface area contributed by atoms with Crippen molar-refractivity contribution in [3.8, 4) is 6.07 Å². The molecule has 0 spiro atoms. The Morgan fingerprint density at radius 1 is 1.62 bits per heavy atom. The van der Waals surface area contributed by atoms with Crippen LogP contribution < -0.4 is 0 Å². The van der Waals surface area contributed by atoms with Gasteiger partial charge in [0.2, 0.25) is 6.10 Å². The van der Waals surface area contributed by atoms with E-state index in [2.05, 4.69) is 10.1 Å². The van der Waals surface area contributed by atoms with E-state index in [9.17, 15) is 0 Å². The number of nitriles is 1. The molecule has 4 heteroatoms. The van der Waals surface area contributed by atoms with E-state index in [1.807, 2.05) is 18.2 Å². The maximum atomic E-state index is 8.57. The second-order valence-electron chi connectivity index (χ2n) is 2.71. The van der Waals surface area contributed by atoms with E-state index in [1.165, 1.54) is 0 Å². The summed E-state index contributed by atoms with van der Waals surface area (Å²) >= 11 is 0. The summed E-state index contributed by atoms with van der Waals surface area (Å²) in [6.45, 7) is 0. The lowest BCUT2D eigenvalue weighted by molar-refractivity contribution is 0.125. The normalized spacial score (nSPS) is 20.2. The molecule has 4 nitrogen and oxygen atoms in total. The number of hydrogen-bond donors (Lipinski definition) is 0. The molecule has 0 N–H and O–H groups in total. The molecule has 2 rings (SSSR count). The highest BCUT2D eigenvalue weighted by Gasteiger charge is 2.21. The Labute approximate surface area is 75.5 Å². The summed E-state index contributed by atoms with van der Waals surface area (Å²) in [6.07, 6.45) is 3.52. The van der Waals surface area contributed by atoms with Crippen molar-refractivity contribution in [3.05, 3.63) is 30.1 Å². The smallest absolute Gasteiger partial charge is 0.218 e. The van der Waals surface area contributed by atoms with Crippen LogP contribution in [0.25, 0.3) is 0 Å². The molecule has 0 unspecified atom stereocenters. The number of hydrogen-bond acceptors (Lipinski definition) is 4. The molecule has 0 saturated heterocycles. The van der Waals surface area contributed by atoms with Gasteiger partial charge in [-0.3, -0.25) is 4.98 Å². The number of rotatable bonds is 1. The molecule has 1 aromatic heterocycles. The molecule has 0 aliphatic carbocycles. The number of nitrogens with zero attached hydrogens (tertiary/aromatic N) is 3. The van der Waals surface area contributed by atoms with Gasteiger partial charge in [0.05, 0.1) is 5.71 Å². The zero-order valence-corrected chi connectivity index (χ0v) is 6.84. The zero-order valence-electron chi connectivity index (χ0n) is 6.84. The van der Waals surface area contributed by atoms with Crippen molar-refractivity contribution in [2.75, 3.05) is 0 Å². The van der Waals surface area contributed by atoms with E-state index in [0.29, 0.717) is 6.42 Å². The minimum absolute atomic E-state index is 0.435. The van der Waals surface area contributed by atoms with Gasteiger partial charge in [-0.25, -0.2) is 0 Å². The number of oxime groups is 1. The molecule has 1 atom stereocenters. The first-order valence-electron chi connectivity index (χ1n) is 3.93. The van der Waals surface area contributed by atoms with E-state index < -0.39 is 6.10 Å². The van der Waals surface area contributed by atoms with Gasteiger partial charge >= 0.3 is 0 Å². The predicted molar refractivity (Wildman–Crippen MR) is 45.9 cm³/mol. The molecule has 0 amide bonds. The molecular formula is C9H7N3O. The highest BCUT2D eigenvalue weighted by atomic mass is 16.6. The Kier molecular flexibility index (Phi) is 1.93. The fourth-order valence-corrected chi connectivity index (χ4v) is 1.15. The van der Waals surface area contributed by atoms with Crippen LogP contribution in [0.5, 0.6) is 0 Å². The summed E-state index contributed by atoms with van der Waals surface area (Å²) in [7, 11) is 0. The van der Waals surface area contributed by atoms with Crippen LogP contribution in [0.2, 0.25) is 0 Å². The van der Waals surface area contributed by atoms with Gasteiger partial charge in [-0.1, -0.05) is 5.16 Å². The number of pyridine rings is 1.